The van der Waals surface area contributed by atoms with Gasteiger partial charge in [-0.15, -0.1) is 0 Å². The molecule has 0 bridgehead atoms. The summed E-state index contributed by atoms with van der Waals surface area (Å²) in [6.45, 7) is 7.10. The molecule has 0 spiro atoms. The lowest BCUT2D eigenvalue weighted by Crippen LogP contribution is -2.46. The van der Waals surface area contributed by atoms with Crippen molar-refractivity contribution in [2.24, 2.45) is 0 Å². The lowest BCUT2D eigenvalue weighted by Gasteiger charge is -2.31. The number of hydrogen-bond acceptors (Lipinski definition) is 5. The molecule has 0 unspecified atom stereocenters. The first-order valence-electron chi connectivity index (χ1n) is 12.5. The van der Waals surface area contributed by atoms with Crippen molar-refractivity contribution in [1.82, 2.24) is 14.9 Å². The zero-order valence-corrected chi connectivity index (χ0v) is 22.2. The molecular weight excluding hydrogens is 490 g/mol. The number of rotatable bonds is 7. The Morgan fingerprint density at radius 1 is 0.973 bits per heavy atom. The van der Waals surface area contributed by atoms with Crippen molar-refractivity contribution >= 4 is 32.8 Å². The molecule has 3 aromatic rings. The maximum Gasteiger partial charge on any atom is 0.409 e. The van der Waals surface area contributed by atoms with E-state index in [0.717, 1.165) is 22.1 Å². The second-order valence-electron chi connectivity index (χ2n) is 9.28. The molecule has 0 aliphatic carbocycles. The van der Waals surface area contributed by atoms with Crippen LogP contribution < -0.4 is 10.0 Å². The molecule has 9 heteroatoms. The highest BCUT2D eigenvalue weighted by Crippen LogP contribution is 2.27. The molecule has 1 fully saturated rings. The Morgan fingerprint density at radius 3 is 2.38 bits per heavy atom. The average molecular weight is 524 g/mol. The predicted molar refractivity (Wildman–Crippen MR) is 143 cm³/mol. The fraction of sp³-hybridized carbons (Fsp3) is 0.357. The Labute approximate surface area is 218 Å². The van der Waals surface area contributed by atoms with Crippen molar-refractivity contribution < 1.29 is 22.7 Å². The van der Waals surface area contributed by atoms with E-state index in [1.54, 1.807) is 42.2 Å². The standard InChI is InChI=1S/C28H33N3O5S/c1-4-36-28(33)31-16-14-22(15-17-31)30-37(34,35)26-13-12-21(24-9-5-6-10-25(24)26)18-29-27(32)23-11-7-8-19(2)20(23)3/h5-13,22,30H,4,14-18H2,1-3H3,(H,29,32). The van der Waals surface area contributed by atoms with Gasteiger partial charge in [0.05, 0.1) is 11.5 Å². The zero-order chi connectivity index (χ0) is 26.6. The fourth-order valence-electron chi connectivity index (χ4n) is 4.67. The number of hydrogen-bond donors (Lipinski definition) is 2. The second kappa shape index (κ2) is 11.3. The number of nitrogens with zero attached hydrogens (tertiary/aromatic N) is 1. The molecule has 1 aliphatic rings. The fourth-order valence-corrected chi connectivity index (χ4v) is 6.18. The molecule has 2 N–H and O–H groups in total. The molecular formula is C28H33N3O5S. The van der Waals surface area contributed by atoms with Crippen LogP contribution in [0.15, 0.2) is 59.5 Å². The van der Waals surface area contributed by atoms with Gasteiger partial charge in [0.1, 0.15) is 0 Å². The molecule has 8 nitrogen and oxygen atoms in total. The van der Waals surface area contributed by atoms with Crippen LogP contribution in [0.2, 0.25) is 0 Å². The van der Waals surface area contributed by atoms with Gasteiger partial charge < -0.3 is 15.0 Å². The number of likely N-dealkylation sites (tertiary alicyclic amines) is 1. The third-order valence-electron chi connectivity index (χ3n) is 6.90. The Morgan fingerprint density at radius 2 is 1.68 bits per heavy atom. The average Bonchev–Trinajstić information content (AvgIpc) is 2.89. The monoisotopic (exact) mass is 523 g/mol. The Balaban J connectivity index is 1.50. The van der Waals surface area contributed by atoms with Gasteiger partial charge in [0.2, 0.25) is 10.0 Å². The molecule has 4 rings (SSSR count). The van der Waals surface area contributed by atoms with Crippen LogP contribution in [-0.2, 0) is 21.3 Å². The second-order valence-corrected chi connectivity index (χ2v) is 11.0. The molecule has 1 aliphatic heterocycles. The van der Waals surface area contributed by atoms with Crippen LogP contribution in [-0.4, -0.2) is 51.1 Å². The van der Waals surface area contributed by atoms with Crippen LogP contribution >= 0.6 is 0 Å². The van der Waals surface area contributed by atoms with E-state index in [-0.39, 0.29) is 29.5 Å². The predicted octanol–water partition coefficient (Wildman–Crippen LogP) is 4.29. The maximum atomic E-state index is 13.4. The quantitative estimate of drug-likeness (QED) is 0.481. The number of fused-ring (bicyclic) bond motifs is 1. The minimum atomic E-state index is -3.81. The SMILES string of the molecule is CCOC(=O)N1CCC(NS(=O)(=O)c2ccc(CNC(=O)c3cccc(C)c3C)c3ccccc23)CC1. The lowest BCUT2D eigenvalue weighted by molar-refractivity contribution is 0.0946. The van der Waals surface area contributed by atoms with Crippen LogP contribution in [0.5, 0.6) is 0 Å². The summed E-state index contributed by atoms with van der Waals surface area (Å²) in [4.78, 5) is 26.6. The van der Waals surface area contributed by atoms with E-state index in [1.807, 2.05) is 38.1 Å². The van der Waals surface area contributed by atoms with E-state index in [9.17, 15) is 18.0 Å². The van der Waals surface area contributed by atoms with Gasteiger partial charge in [-0.3, -0.25) is 4.79 Å². The number of amides is 2. The van der Waals surface area contributed by atoms with Crippen molar-refractivity contribution in [3.63, 3.8) is 0 Å². The molecule has 1 heterocycles. The largest absolute Gasteiger partial charge is 0.450 e. The van der Waals surface area contributed by atoms with Crippen molar-refractivity contribution in [1.29, 1.82) is 0 Å². The van der Waals surface area contributed by atoms with E-state index in [1.165, 1.54) is 0 Å². The van der Waals surface area contributed by atoms with Gasteiger partial charge >= 0.3 is 6.09 Å². The number of sulfonamides is 1. The molecule has 196 valence electrons. The third-order valence-corrected chi connectivity index (χ3v) is 8.47. The number of carbonyl (C=O) groups excluding carboxylic acids is 2. The normalized spacial score (nSPS) is 14.5. The van der Waals surface area contributed by atoms with Gasteiger partial charge in [-0.25, -0.2) is 17.9 Å². The number of aryl methyl sites for hydroxylation is 1. The summed E-state index contributed by atoms with van der Waals surface area (Å²) >= 11 is 0. The highest BCUT2D eigenvalue weighted by atomic mass is 32.2. The van der Waals surface area contributed by atoms with E-state index in [4.69, 9.17) is 4.74 Å². The Hall–Kier alpha value is -3.43. The van der Waals surface area contributed by atoms with Gasteiger partial charge in [0, 0.05) is 36.6 Å². The van der Waals surface area contributed by atoms with Gasteiger partial charge in [0.25, 0.3) is 5.91 Å². The molecule has 0 atom stereocenters. The van der Waals surface area contributed by atoms with Crippen molar-refractivity contribution in [2.45, 2.75) is 51.1 Å². The van der Waals surface area contributed by atoms with E-state index < -0.39 is 10.0 Å². The number of benzene rings is 3. The first kappa shape index (κ1) is 26.6. The summed E-state index contributed by atoms with van der Waals surface area (Å²) < 4.78 is 34.6. The zero-order valence-electron chi connectivity index (χ0n) is 21.4. The Kier molecular flexibility index (Phi) is 8.14. The summed E-state index contributed by atoms with van der Waals surface area (Å²) in [5.74, 6) is -0.169. The van der Waals surface area contributed by atoms with Crippen LogP contribution in [0, 0.1) is 13.8 Å². The molecule has 0 aromatic heterocycles. The smallest absolute Gasteiger partial charge is 0.409 e. The lowest BCUT2D eigenvalue weighted by atomic mass is 10.0. The van der Waals surface area contributed by atoms with Gasteiger partial charge in [0.15, 0.2) is 0 Å². The van der Waals surface area contributed by atoms with Crippen LogP contribution in [0.3, 0.4) is 0 Å². The number of piperidine rings is 1. The third kappa shape index (κ3) is 5.94. The highest BCUT2D eigenvalue weighted by molar-refractivity contribution is 7.89. The first-order valence-corrected chi connectivity index (χ1v) is 14.0. The van der Waals surface area contributed by atoms with Crippen molar-refractivity contribution in [3.05, 3.63) is 76.9 Å². The highest BCUT2D eigenvalue weighted by Gasteiger charge is 2.28. The number of carbonyl (C=O) groups is 2. The summed E-state index contributed by atoms with van der Waals surface area (Å²) in [6.07, 6.45) is 0.659. The molecule has 2 amide bonds. The molecule has 3 aromatic carbocycles. The van der Waals surface area contributed by atoms with Crippen LogP contribution in [0.4, 0.5) is 4.79 Å². The first-order chi connectivity index (χ1) is 17.7. The van der Waals surface area contributed by atoms with Gasteiger partial charge in [-0.05, 0) is 67.8 Å². The van der Waals surface area contributed by atoms with Crippen molar-refractivity contribution in [3.8, 4) is 0 Å². The summed E-state index contributed by atoms with van der Waals surface area (Å²) in [5, 5.41) is 4.34. The van der Waals surface area contributed by atoms with E-state index in [2.05, 4.69) is 10.0 Å². The van der Waals surface area contributed by atoms with Crippen LogP contribution in [0.1, 0.15) is 46.8 Å². The maximum absolute atomic E-state index is 13.4. The molecule has 0 radical (unpaired) electrons. The topological polar surface area (TPSA) is 105 Å². The summed E-state index contributed by atoms with van der Waals surface area (Å²) in [5.41, 5.74) is 3.44. The molecule has 0 saturated carbocycles. The van der Waals surface area contributed by atoms with E-state index >= 15 is 0 Å². The number of nitrogens with one attached hydrogen (secondary N) is 2. The van der Waals surface area contributed by atoms with Gasteiger partial charge in [-0.2, -0.15) is 0 Å². The molecule has 1 saturated heterocycles. The molecule has 37 heavy (non-hydrogen) atoms. The number of ether oxygens (including phenoxy) is 1. The van der Waals surface area contributed by atoms with Gasteiger partial charge in [-0.1, -0.05) is 42.5 Å². The van der Waals surface area contributed by atoms with Crippen LogP contribution in [0.25, 0.3) is 10.8 Å². The van der Waals surface area contributed by atoms with Crippen molar-refractivity contribution in [2.75, 3.05) is 19.7 Å². The van der Waals surface area contributed by atoms with E-state index in [0.29, 0.717) is 43.5 Å². The minimum Gasteiger partial charge on any atom is -0.450 e. The minimum absolute atomic E-state index is 0.169. The summed E-state index contributed by atoms with van der Waals surface area (Å²) in [6, 6.07) is 16.0. The summed E-state index contributed by atoms with van der Waals surface area (Å²) in [7, 11) is -3.81. The Bertz CT molecular complexity index is 1410.